The molecule has 1 amide bonds. The van der Waals surface area contributed by atoms with E-state index in [1.807, 2.05) is 0 Å². The van der Waals surface area contributed by atoms with E-state index in [-0.39, 0.29) is 18.6 Å². The van der Waals surface area contributed by atoms with Crippen LogP contribution in [0.1, 0.15) is 39.2 Å². The molecule has 1 aromatic rings. The summed E-state index contributed by atoms with van der Waals surface area (Å²) < 4.78 is 5.18. The lowest BCUT2D eigenvalue weighted by atomic mass is 9.64. The predicted molar refractivity (Wildman–Crippen MR) is 82.8 cm³/mol. The van der Waals surface area contributed by atoms with Crippen LogP contribution in [0.3, 0.4) is 0 Å². The van der Waals surface area contributed by atoms with E-state index in [0.29, 0.717) is 16.3 Å². The highest BCUT2D eigenvalue weighted by molar-refractivity contribution is 6.31. The summed E-state index contributed by atoms with van der Waals surface area (Å²) in [5.41, 5.74) is -0.458. The number of amides is 1. The second kappa shape index (κ2) is 5.62. The van der Waals surface area contributed by atoms with Crippen molar-refractivity contribution in [2.45, 2.75) is 44.6 Å². The summed E-state index contributed by atoms with van der Waals surface area (Å²) in [7, 11) is 0. The number of halogens is 1. The fourth-order valence-corrected chi connectivity index (χ4v) is 2.64. The van der Waals surface area contributed by atoms with Crippen LogP contribution in [0.25, 0.3) is 0 Å². The predicted octanol–water partition coefficient (Wildman–Crippen LogP) is 3.81. The molecule has 1 aliphatic carbocycles. The molecule has 1 aromatic carbocycles. The average molecular weight is 321 g/mol. The Morgan fingerprint density at radius 1 is 1.41 bits per heavy atom. The minimum atomic E-state index is -0.889. The molecule has 0 saturated heterocycles. The van der Waals surface area contributed by atoms with Gasteiger partial charge in [-0.15, -0.1) is 0 Å². The van der Waals surface area contributed by atoms with Crippen LogP contribution in [-0.4, -0.2) is 17.5 Å². The van der Waals surface area contributed by atoms with Gasteiger partial charge in [0.1, 0.15) is 11.4 Å². The molecule has 0 heterocycles. The summed E-state index contributed by atoms with van der Waals surface area (Å²) in [5, 5.41) is 12.4. The van der Waals surface area contributed by atoms with E-state index in [0.717, 1.165) is 0 Å². The number of nitrogens with one attached hydrogen (secondary N) is 1. The van der Waals surface area contributed by atoms with E-state index in [1.54, 1.807) is 39.0 Å². The summed E-state index contributed by atoms with van der Waals surface area (Å²) in [6, 6.07) is 7.03. The van der Waals surface area contributed by atoms with E-state index >= 15 is 0 Å². The smallest absolute Gasteiger partial charge is 0.412 e. The molecule has 0 aromatic heterocycles. The van der Waals surface area contributed by atoms with Crippen LogP contribution in [0.5, 0.6) is 0 Å². The summed E-state index contributed by atoms with van der Waals surface area (Å²) >= 11 is 6.16. The molecule has 6 heteroatoms. The molecular formula is C16H17ClN2O3. The van der Waals surface area contributed by atoms with Gasteiger partial charge in [0, 0.05) is 23.6 Å². The largest absolute Gasteiger partial charge is 0.444 e. The van der Waals surface area contributed by atoms with Crippen molar-refractivity contribution in [2.75, 3.05) is 5.32 Å². The zero-order valence-electron chi connectivity index (χ0n) is 12.7. The van der Waals surface area contributed by atoms with Crippen molar-refractivity contribution in [3.8, 4) is 6.07 Å². The zero-order chi connectivity index (χ0) is 16.5. The Bertz CT molecular complexity index is 663. The minimum absolute atomic E-state index is 0.0307. The third-order valence-corrected chi connectivity index (χ3v) is 3.67. The average Bonchev–Trinajstić information content (AvgIpc) is 2.35. The topological polar surface area (TPSA) is 79.2 Å². The highest BCUT2D eigenvalue weighted by Crippen LogP contribution is 2.44. The number of carbonyl (C=O) groups is 2. The number of ether oxygens (including phenoxy) is 1. The van der Waals surface area contributed by atoms with Gasteiger partial charge in [-0.3, -0.25) is 10.1 Å². The number of hydrogen-bond acceptors (Lipinski definition) is 4. The van der Waals surface area contributed by atoms with Crippen LogP contribution < -0.4 is 5.32 Å². The zero-order valence-corrected chi connectivity index (χ0v) is 13.5. The monoisotopic (exact) mass is 320 g/mol. The maximum atomic E-state index is 11.8. The standard InChI is InChI=1S/C16H17ClN2O3/c1-15(2,3)22-14(21)19-10-4-5-13(17)12(6-10)16(9-18)7-11(20)8-16/h4-6H,7-8H2,1-3H3,(H,19,21). The number of anilines is 1. The highest BCUT2D eigenvalue weighted by Gasteiger charge is 2.46. The Morgan fingerprint density at radius 2 is 2.05 bits per heavy atom. The lowest BCUT2D eigenvalue weighted by Gasteiger charge is -2.35. The molecule has 0 atom stereocenters. The van der Waals surface area contributed by atoms with Gasteiger partial charge in [0.15, 0.2) is 0 Å². The Hall–Kier alpha value is -2.06. The molecule has 0 aliphatic heterocycles. The number of carbonyl (C=O) groups excluding carboxylic acids is 2. The first-order valence-electron chi connectivity index (χ1n) is 6.88. The van der Waals surface area contributed by atoms with Gasteiger partial charge in [-0.05, 0) is 44.5 Å². The van der Waals surface area contributed by atoms with Gasteiger partial charge in [-0.1, -0.05) is 11.6 Å². The third kappa shape index (κ3) is 3.40. The molecule has 116 valence electrons. The van der Waals surface area contributed by atoms with Crippen LogP contribution in [0.15, 0.2) is 18.2 Å². The molecule has 1 fully saturated rings. The summed E-state index contributed by atoms with van der Waals surface area (Å²) in [6.45, 7) is 5.31. The van der Waals surface area contributed by atoms with Crippen LogP contribution >= 0.6 is 11.6 Å². The SMILES string of the molecule is CC(C)(C)OC(=O)Nc1ccc(Cl)c(C2(C#N)CC(=O)C2)c1. The number of nitriles is 1. The first-order valence-corrected chi connectivity index (χ1v) is 7.26. The first kappa shape index (κ1) is 16.3. The van der Waals surface area contributed by atoms with Crippen molar-refractivity contribution < 1.29 is 14.3 Å². The van der Waals surface area contributed by atoms with Crippen molar-refractivity contribution in [1.29, 1.82) is 5.26 Å². The molecule has 0 unspecified atom stereocenters. The number of hydrogen-bond donors (Lipinski definition) is 1. The van der Waals surface area contributed by atoms with E-state index < -0.39 is 17.1 Å². The second-order valence-electron chi connectivity index (χ2n) is 6.41. The van der Waals surface area contributed by atoms with Crippen LogP contribution in [0.4, 0.5) is 10.5 Å². The number of ketones is 1. The summed E-state index contributed by atoms with van der Waals surface area (Å²) in [5.74, 6) is 0.0307. The van der Waals surface area contributed by atoms with Crippen molar-refractivity contribution >= 4 is 29.2 Å². The van der Waals surface area contributed by atoms with Crippen molar-refractivity contribution in [3.63, 3.8) is 0 Å². The quantitative estimate of drug-likeness (QED) is 0.898. The molecule has 0 bridgehead atoms. The van der Waals surface area contributed by atoms with E-state index in [2.05, 4.69) is 11.4 Å². The van der Waals surface area contributed by atoms with Gasteiger partial charge in [0.05, 0.1) is 11.5 Å². The van der Waals surface area contributed by atoms with Crippen molar-refractivity contribution in [2.24, 2.45) is 0 Å². The molecule has 0 radical (unpaired) electrons. The summed E-state index contributed by atoms with van der Waals surface area (Å²) in [6.07, 6.45) is -0.283. The normalized spacial score (nSPS) is 16.4. The van der Waals surface area contributed by atoms with Gasteiger partial charge in [-0.25, -0.2) is 4.79 Å². The fourth-order valence-electron chi connectivity index (χ4n) is 2.34. The molecule has 2 rings (SSSR count). The Kier molecular flexibility index (Phi) is 4.17. The Labute approximate surface area is 134 Å². The van der Waals surface area contributed by atoms with Gasteiger partial charge >= 0.3 is 6.09 Å². The molecule has 1 saturated carbocycles. The van der Waals surface area contributed by atoms with E-state index in [1.165, 1.54) is 0 Å². The molecule has 1 aliphatic rings. The second-order valence-corrected chi connectivity index (χ2v) is 6.81. The number of nitrogens with zero attached hydrogens (tertiary/aromatic N) is 1. The molecule has 5 nitrogen and oxygen atoms in total. The highest BCUT2D eigenvalue weighted by atomic mass is 35.5. The first-order chi connectivity index (χ1) is 10.1. The Balaban J connectivity index is 2.23. The van der Waals surface area contributed by atoms with Gasteiger partial charge in [-0.2, -0.15) is 5.26 Å². The number of benzene rings is 1. The van der Waals surface area contributed by atoms with E-state index in [4.69, 9.17) is 16.3 Å². The van der Waals surface area contributed by atoms with Gasteiger partial charge in [0.2, 0.25) is 0 Å². The van der Waals surface area contributed by atoms with Gasteiger partial charge < -0.3 is 4.74 Å². The molecular weight excluding hydrogens is 304 g/mol. The van der Waals surface area contributed by atoms with Crippen LogP contribution in [-0.2, 0) is 14.9 Å². The lowest BCUT2D eigenvalue weighted by molar-refractivity contribution is -0.126. The number of Topliss-reactive ketones (excluding diaryl/α,β-unsaturated/α-hetero) is 1. The Morgan fingerprint density at radius 3 is 2.55 bits per heavy atom. The molecule has 0 spiro atoms. The van der Waals surface area contributed by atoms with Crippen LogP contribution in [0.2, 0.25) is 5.02 Å². The van der Waals surface area contributed by atoms with Crippen molar-refractivity contribution in [3.05, 3.63) is 28.8 Å². The van der Waals surface area contributed by atoms with Gasteiger partial charge in [0.25, 0.3) is 0 Å². The minimum Gasteiger partial charge on any atom is -0.444 e. The fraction of sp³-hybridized carbons (Fsp3) is 0.438. The summed E-state index contributed by atoms with van der Waals surface area (Å²) in [4.78, 5) is 23.1. The maximum Gasteiger partial charge on any atom is 0.412 e. The number of rotatable bonds is 2. The van der Waals surface area contributed by atoms with Crippen LogP contribution in [0, 0.1) is 11.3 Å². The third-order valence-electron chi connectivity index (χ3n) is 3.34. The lowest BCUT2D eigenvalue weighted by Crippen LogP contribution is -2.40. The maximum absolute atomic E-state index is 11.8. The molecule has 1 N–H and O–H groups in total. The van der Waals surface area contributed by atoms with E-state index in [9.17, 15) is 14.9 Å². The van der Waals surface area contributed by atoms with Crippen molar-refractivity contribution in [1.82, 2.24) is 0 Å². The molecule has 22 heavy (non-hydrogen) atoms.